The number of carbonyl (C=O) groups is 2. The first-order valence-corrected chi connectivity index (χ1v) is 3.74. The first kappa shape index (κ1) is 8.77. The zero-order chi connectivity index (χ0) is 9.35. The summed E-state index contributed by atoms with van der Waals surface area (Å²) in [5, 5.41) is 2.57. The maximum Gasteiger partial charge on any atom is 0.325 e. The van der Waals surface area contributed by atoms with Gasteiger partial charge in [-0.05, 0) is 13.8 Å². The maximum absolute atomic E-state index is 11.4. The minimum absolute atomic E-state index is 0.201. The normalized spacial score (nSPS) is 21.0. The summed E-state index contributed by atoms with van der Waals surface area (Å²) in [5.74, 6) is -0.201. The minimum atomic E-state index is -0.764. The first-order chi connectivity index (χ1) is 5.49. The van der Waals surface area contributed by atoms with E-state index in [4.69, 9.17) is 0 Å². The van der Waals surface area contributed by atoms with Gasteiger partial charge in [-0.25, -0.2) is 4.79 Å². The fourth-order valence-corrected chi connectivity index (χ4v) is 1.11. The summed E-state index contributed by atoms with van der Waals surface area (Å²) in [4.78, 5) is 23.7. The Morgan fingerprint density at radius 2 is 2.17 bits per heavy atom. The summed E-state index contributed by atoms with van der Waals surface area (Å²) >= 11 is 0. The predicted octanol–water partition coefficient (Wildman–Crippen LogP) is 0.503. The first-order valence-electron chi connectivity index (χ1n) is 3.74. The Labute approximate surface area is 71.2 Å². The second-order valence-electron chi connectivity index (χ2n) is 3.26. The van der Waals surface area contributed by atoms with Gasteiger partial charge in [0.1, 0.15) is 5.54 Å². The second kappa shape index (κ2) is 2.62. The molecule has 1 rings (SSSR count). The number of hydrogen-bond donors (Lipinski definition) is 1. The van der Waals surface area contributed by atoms with Crippen molar-refractivity contribution in [2.24, 2.45) is 0 Å². The second-order valence-corrected chi connectivity index (χ2v) is 3.26. The van der Waals surface area contributed by atoms with Crippen LogP contribution in [0.5, 0.6) is 0 Å². The Balaban J connectivity index is 2.85. The fraction of sp³-hybridized carbons (Fsp3) is 0.500. The van der Waals surface area contributed by atoms with Crippen LogP contribution in [0.4, 0.5) is 4.79 Å². The molecule has 1 aliphatic heterocycles. The lowest BCUT2D eigenvalue weighted by Crippen LogP contribution is -2.40. The van der Waals surface area contributed by atoms with Crippen molar-refractivity contribution in [3.63, 3.8) is 0 Å². The van der Waals surface area contributed by atoms with E-state index < -0.39 is 5.54 Å². The molecule has 4 heteroatoms. The van der Waals surface area contributed by atoms with Gasteiger partial charge in [-0.3, -0.25) is 9.69 Å². The van der Waals surface area contributed by atoms with Gasteiger partial charge in [0, 0.05) is 6.54 Å². The van der Waals surface area contributed by atoms with Crippen LogP contribution in [-0.2, 0) is 4.79 Å². The van der Waals surface area contributed by atoms with Gasteiger partial charge in [0.15, 0.2) is 0 Å². The Kier molecular flexibility index (Phi) is 1.92. The molecule has 0 aromatic rings. The molecule has 1 N–H and O–H groups in total. The van der Waals surface area contributed by atoms with Gasteiger partial charge in [-0.1, -0.05) is 6.08 Å². The highest BCUT2D eigenvalue weighted by molar-refractivity contribution is 6.06. The topological polar surface area (TPSA) is 49.4 Å². The molecule has 0 aromatic carbocycles. The average molecular weight is 168 g/mol. The Hall–Kier alpha value is -1.32. The number of rotatable bonds is 2. The summed E-state index contributed by atoms with van der Waals surface area (Å²) in [6.07, 6.45) is 1.53. The van der Waals surface area contributed by atoms with E-state index in [1.165, 1.54) is 6.08 Å². The van der Waals surface area contributed by atoms with E-state index in [2.05, 4.69) is 11.9 Å². The van der Waals surface area contributed by atoms with Crippen LogP contribution in [0, 0.1) is 0 Å². The summed E-state index contributed by atoms with van der Waals surface area (Å²) in [5.41, 5.74) is -0.764. The van der Waals surface area contributed by atoms with Gasteiger partial charge in [-0.15, -0.1) is 6.58 Å². The molecule has 0 unspecified atom stereocenters. The van der Waals surface area contributed by atoms with Crippen molar-refractivity contribution in [1.29, 1.82) is 0 Å². The molecule has 12 heavy (non-hydrogen) atoms. The van der Waals surface area contributed by atoms with E-state index >= 15 is 0 Å². The van der Waals surface area contributed by atoms with Crippen LogP contribution in [0.15, 0.2) is 12.7 Å². The standard InChI is InChI=1S/C8H12N2O2/c1-4-5-10-6(11)8(2,3)9-7(10)12/h4H,1,5H2,2-3H3,(H,9,12). The molecule has 0 aliphatic carbocycles. The van der Waals surface area contributed by atoms with E-state index in [0.29, 0.717) is 0 Å². The third-order valence-electron chi connectivity index (χ3n) is 1.76. The van der Waals surface area contributed by atoms with Crippen molar-refractivity contribution in [2.45, 2.75) is 19.4 Å². The maximum atomic E-state index is 11.4. The lowest BCUT2D eigenvalue weighted by Gasteiger charge is -2.14. The van der Waals surface area contributed by atoms with Gasteiger partial charge >= 0.3 is 6.03 Å². The number of nitrogens with one attached hydrogen (secondary N) is 1. The van der Waals surface area contributed by atoms with Gasteiger partial charge in [0.2, 0.25) is 0 Å². The molecule has 0 spiro atoms. The Bertz CT molecular complexity index is 245. The van der Waals surface area contributed by atoms with E-state index in [-0.39, 0.29) is 18.5 Å². The number of imide groups is 1. The molecule has 1 fully saturated rings. The highest BCUT2D eigenvalue weighted by atomic mass is 16.2. The summed E-state index contributed by atoms with van der Waals surface area (Å²) < 4.78 is 0. The number of nitrogens with zero attached hydrogens (tertiary/aromatic N) is 1. The van der Waals surface area contributed by atoms with Crippen LogP contribution in [0.25, 0.3) is 0 Å². The van der Waals surface area contributed by atoms with Crippen molar-refractivity contribution in [1.82, 2.24) is 10.2 Å². The van der Waals surface area contributed by atoms with Crippen molar-refractivity contribution in [3.8, 4) is 0 Å². The van der Waals surface area contributed by atoms with Crippen molar-refractivity contribution >= 4 is 11.9 Å². The molecule has 4 nitrogen and oxygen atoms in total. The molecule has 1 saturated heterocycles. The van der Waals surface area contributed by atoms with Gasteiger partial charge in [0.25, 0.3) is 5.91 Å². The van der Waals surface area contributed by atoms with Crippen LogP contribution in [-0.4, -0.2) is 28.9 Å². The summed E-state index contributed by atoms with van der Waals surface area (Å²) in [7, 11) is 0. The van der Waals surface area contributed by atoms with Gasteiger partial charge in [-0.2, -0.15) is 0 Å². The molecule has 0 bridgehead atoms. The van der Waals surface area contributed by atoms with Crippen LogP contribution in [0.1, 0.15) is 13.8 Å². The molecule has 0 saturated carbocycles. The largest absolute Gasteiger partial charge is 0.325 e. The number of hydrogen-bond acceptors (Lipinski definition) is 2. The van der Waals surface area contributed by atoms with E-state index in [9.17, 15) is 9.59 Å². The third kappa shape index (κ3) is 1.20. The number of amides is 3. The zero-order valence-corrected chi connectivity index (χ0v) is 7.26. The van der Waals surface area contributed by atoms with Crippen molar-refractivity contribution < 1.29 is 9.59 Å². The van der Waals surface area contributed by atoms with Crippen LogP contribution in [0.3, 0.4) is 0 Å². The summed E-state index contributed by atoms with van der Waals surface area (Å²) in [6, 6.07) is -0.343. The molecule has 0 radical (unpaired) electrons. The van der Waals surface area contributed by atoms with Crippen LogP contribution in [0.2, 0.25) is 0 Å². The van der Waals surface area contributed by atoms with Crippen LogP contribution < -0.4 is 5.32 Å². The van der Waals surface area contributed by atoms with E-state index in [1.54, 1.807) is 13.8 Å². The van der Waals surface area contributed by atoms with Crippen LogP contribution >= 0.6 is 0 Å². The quantitative estimate of drug-likeness (QED) is 0.482. The molecular weight excluding hydrogens is 156 g/mol. The van der Waals surface area contributed by atoms with Gasteiger partial charge < -0.3 is 5.32 Å². The van der Waals surface area contributed by atoms with Crippen molar-refractivity contribution in [3.05, 3.63) is 12.7 Å². The predicted molar refractivity (Wildman–Crippen MR) is 44.5 cm³/mol. The average Bonchev–Trinajstić information content (AvgIpc) is 2.13. The fourth-order valence-electron chi connectivity index (χ4n) is 1.11. The number of urea groups is 1. The number of carbonyl (C=O) groups excluding carboxylic acids is 2. The SMILES string of the molecule is C=CCN1C(=O)NC(C)(C)C1=O. The van der Waals surface area contributed by atoms with Gasteiger partial charge in [0.05, 0.1) is 0 Å². The molecule has 0 atom stereocenters. The lowest BCUT2D eigenvalue weighted by molar-refractivity contribution is -0.129. The van der Waals surface area contributed by atoms with E-state index in [1.807, 2.05) is 0 Å². The zero-order valence-electron chi connectivity index (χ0n) is 7.26. The molecular formula is C8H12N2O2. The highest BCUT2D eigenvalue weighted by Gasteiger charge is 2.43. The third-order valence-corrected chi connectivity index (χ3v) is 1.76. The molecule has 3 amide bonds. The monoisotopic (exact) mass is 168 g/mol. The summed E-state index contributed by atoms with van der Waals surface area (Å²) in [6.45, 7) is 7.09. The van der Waals surface area contributed by atoms with E-state index in [0.717, 1.165) is 4.90 Å². The molecule has 1 aliphatic rings. The Morgan fingerprint density at radius 1 is 1.58 bits per heavy atom. The van der Waals surface area contributed by atoms with Crippen molar-refractivity contribution in [2.75, 3.05) is 6.54 Å². The highest BCUT2D eigenvalue weighted by Crippen LogP contribution is 2.15. The smallest absolute Gasteiger partial charge is 0.324 e. The molecule has 1 heterocycles. The molecule has 0 aromatic heterocycles. The molecule has 66 valence electrons. The lowest BCUT2D eigenvalue weighted by atomic mass is 10.1. The Morgan fingerprint density at radius 3 is 2.50 bits per heavy atom. The minimum Gasteiger partial charge on any atom is -0.324 e.